The van der Waals surface area contributed by atoms with E-state index in [1.165, 1.54) is 11.8 Å². The standard InChI is InChI=1S/C33H33N3O5S/c1-5-41-32(38)28-29(23-15-10-7-11-16-23)35-33-36(30(28)25-17-12-18-26(39-3)31(25)40-4)24(20-42-33)19-27(37)34-21(2)22-13-8-6-9-14-22/h6-18,20-21,30H,5,19H2,1-4H3,(H,34,37). The van der Waals surface area contributed by atoms with Gasteiger partial charge in [-0.3, -0.25) is 4.79 Å². The van der Waals surface area contributed by atoms with Crippen LogP contribution in [0.2, 0.25) is 0 Å². The molecule has 3 aromatic rings. The number of nitrogens with zero attached hydrogens (tertiary/aromatic N) is 2. The van der Waals surface area contributed by atoms with Gasteiger partial charge in [0.15, 0.2) is 16.7 Å². The second-order valence-corrected chi connectivity index (χ2v) is 10.5. The van der Waals surface area contributed by atoms with Crippen molar-refractivity contribution >= 4 is 34.5 Å². The number of ether oxygens (including phenoxy) is 3. The molecule has 9 heteroatoms. The molecule has 8 nitrogen and oxygen atoms in total. The van der Waals surface area contributed by atoms with E-state index < -0.39 is 12.0 Å². The summed E-state index contributed by atoms with van der Waals surface area (Å²) in [6.07, 6.45) is 0.0861. The van der Waals surface area contributed by atoms with Crippen LogP contribution in [0.3, 0.4) is 0 Å². The highest BCUT2D eigenvalue weighted by Gasteiger charge is 2.44. The Kier molecular flexibility index (Phi) is 8.97. The van der Waals surface area contributed by atoms with Crippen LogP contribution in [0.25, 0.3) is 5.70 Å². The van der Waals surface area contributed by atoms with E-state index in [1.54, 1.807) is 27.2 Å². The lowest BCUT2D eigenvalue weighted by Gasteiger charge is -2.37. The van der Waals surface area contributed by atoms with Gasteiger partial charge in [-0.1, -0.05) is 84.6 Å². The summed E-state index contributed by atoms with van der Waals surface area (Å²) in [5.41, 5.74) is 4.06. The number of hydrogen-bond donors (Lipinski definition) is 1. The van der Waals surface area contributed by atoms with Crippen LogP contribution in [0.1, 0.15) is 49.0 Å². The number of amidine groups is 1. The molecule has 3 aromatic carbocycles. The highest BCUT2D eigenvalue weighted by atomic mass is 32.2. The Morgan fingerprint density at radius 2 is 1.69 bits per heavy atom. The summed E-state index contributed by atoms with van der Waals surface area (Å²) < 4.78 is 17.1. The number of para-hydroxylation sites is 1. The van der Waals surface area contributed by atoms with Crippen molar-refractivity contribution in [1.29, 1.82) is 0 Å². The van der Waals surface area contributed by atoms with Crippen molar-refractivity contribution in [2.75, 3.05) is 20.8 Å². The molecule has 1 N–H and O–H groups in total. The van der Waals surface area contributed by atoms with Crippen molar-refractivity contribution in [3.05, 3.63) is 112 Å². The third kappa shape index (κ3) is 5.78. The monoisotopic (exact) mass is 583 g/mol. The van der Waals surface area contributed by atoms with Crippen LogP contribution < -0.4 is 14.8 Å². The largest absolute Gasteiger partial charge is 0.493 e. The first kappa shape index (κ1) is 29.0. The number of carbonyl (C=O) groups is 2. The fraction of sp³-hybridized carbons (Fsp3) is 0.242. The van der Waals surface area contributed by atoms with Gasteiger partial charge in [0.05, 0.1) is 50.6 Å². The van der Waals surface area contributed by atoms with Crippen LogP contribution in [-0.2, 0) is 14.3 Å². The van der Waals surface area contributed by atoms with Crippen LogP contribution in [0, 0.1) is 0 Å². The number of aliphatic imine (C=N–C) groups is 1. The molecule has 2 aliphatic rings. The number of methoxy groups -OCH3 is 2. The number of rotatable bonds is 10. The molecule has 2 heterocycles. The zero-order valence-corrected chi connectivity index (χ0v) is 24.8. The van der Waals surface area contributed by atoms with Crippen LogP contribution in [0.15, 0.2) is 101 Å². The first-order chi connectivity index (χ1) is 20.5. The smallest absolute Gasteiger partial charge is 0.338 e. The lowest BCUT2D eigenvalue weighted by atomic mass is 9.90. The molecule has 0 aromatic heterocycles. The summed E-state index contributed by atoms with van der Waals surface area (Å²) >= 11 is 1.41. The third-order valence-corrected chi connectivity index (χ3v) is 7.99. The van der Waals surface area contributed by atoms with E-state index in [2.05, 4.69) is 5.32 Å². The Morgan fingerprint density at radius 1 is 0.976 bits per heavy atom. The molecule has 2 aliphatic heterocycles. The van der Waals surface area contributed by atoms with Crippen LogP contribution in [0.5, 0.6) is 11.5 Å². The Balaban J connectivity index is 1.60. The number of hydrogen-bond acceptors (Lipinski definition) is 8. The third-order valence-electron chi connectivity index (χ3n) is 7.10. The van der Waals surface area contributed by atoms with Gasteiger partial charge >= 0.3 is 5.97 Å². The van der Waals surface area contributed by atoms with E-state index in [-0.39, 0.29) is 25.0 Å². The molecule has 1 amide bonds. The van der Waals surface area contributed by atoms with Gasteiger partial charge < -0.3 is 24.4 Å². The van der Waals surface area contributed by atoms with Gasteiger partial charge in [-0.05, 0) is 30.9 Å². The fourth-order valence-corrected chi connectivity index (χ4v) is 6.11. The Labute approximate surface area is 250 Å². The zero-order valence-electron chi connectivity index (χ0n) is 24.0. The number of benzene rings is 3. The van der Waals surface area contributed by atoms with E-state index in [0.717, 1.165) is 11.1 Å². The molecule has 216 valence electrons. The number of carbonyl (C=O) groups excluding carboxylic acids is 2. The van der Waals surface area contributed by atoms with Gasteiger partial charge in [0.25, 0.3) is 0 Å². The van der Waals surface area contributed by atoms with Crippen molar-refractivity contribution in [2.24, 2.45) is 4.99 Å². The summed E-state index contributed by atoms with van der Waals surface area (Å²) in [6, 6.07) is 24.1. The van der Waals surface area contributed by atoms with Gasteiger partial charge in [-0.2, -0.15) is 0 Å². The van der Waals surface area contributed by atoms with Crippen LogP contribution >= 0.6 is 11.8 Å². The Hall–Kier alpha value is -4.50. The molecule has 0 spiro atoms. The minimum atomic E-state index is -0.697. The predicted molar refractivity (Wildman–Crippen MR) is 165 cm³/mol. The summed E-state index contributed by atoms with van der Waals surface area (Å²) in [6.45, 7) is 3.92. The fourth-order valence-electron chi connectivity index (χ4n) is 5.19. The highest BCUT2D eigenvalue weighted by Crippen LogP contribution is 2.50. The SMILES string of the molecule is CCOC(=O)C1=C(c2ccccc2)N=C2SC=C(CC(=O)NC(C)c3ccccc3)N2C1c1cccc(OC)c1OC. The number of nitrogens with one attached hydrogen (secondary N) is 1. The molecule has 2 unspecified atom stereocenters. The molecular formula is C33H33N3O5S. The summed E-state index contributed by atoms with van der Waals surface area (Å²) in [5, 5.41) is 5.67. The van der Waals surface area contributed by atoms with E-state index in [4.69, 9.17) is 19.2 Å². The van der Waals surface area contributed by atoms with Crippen LogP contribution in [0.4, 0.5) is 0 Å². The molecular weight excluding hydrogens is 550 g/mol. The van der Waals surface area contributed by atoms with Gasteiger partial charge in [-0.25, -0.2) is 9.79 Å². The second kappa shape index (κ2) is 13.0. The van der Waals surface area contributed by atoms with E-state index in [1.807, 2.05) is 90.0 Å². The highest BCUT2D eigenvalue weighted by molar-refractivity contribution is 8.16. The van der Waals surface area contributed by atoms with Crippen molar-refractivity contribution in [3.63, 3.8) is 0 Å². The number of thioether (sulfide) groups is 1. The average Bonchev–Trinajstić information content (AvgIpc) is 3.42. The van der Waals surface area contributed by atoms with E-state index in [0.29, 0.717) is 39.2 Å². The molecule has 0 bridgehead atoms. The maximum atomic E-state index is 13.8. The molecule has 0 radical (unpaired) electrons. The summed E-state index contributed by atoms with van der Waals surface area (Å²) in [5.74, 6) is 0.368. The first-order valence-corrected chi connectivity index (χ1v) is 14.6. The quantitative estimate of drug-likeness (QED) is 0.282. The minimum absolute atomic E-state index is 0.0861. The molecule has 0 fully saturated rings. The van der Waals surface area contributed by atoms with Crippen LogP contribution in [-0.4, -0.2) is 42.8 Å². The topological polar surface area (TPSA) is 89.5 Å². The van der Waals surface area contributed by atoms with Gasteiger partial charge in [0, 0.05) is 16.8 Å². The predicted octanol–water partition coefficient (Wildman–Crippen LogP) is 6.25. The lowest BCUT2D eigenvalue weighted by molar-refractivity contribution is -0.139. The van der Waals surface area contributed by atoms with Crippen molar-refractivity contribution in [3.8, 4) is 11.5 Å². The summed E-state index contributed by atoms with van der Waals surface area (Å²) in [7, 11) is 3.14. The van der Waals surface area contributed by atoms with Crippen molar-refractivity contribution in [1.82, 2.24) is 10.2 Å². The second-order valence-electron chi connectivity index (χ2n) is 9.70. The van der Waals surface area contributed by atoms with E-state index >= 15 is 0 Å². The van der Waals surface area contributed by atoms with Gasteiger partial charge in [0.2, 0.25) is 5.91 Å². The molecule has 42 heavy (non-hydrogen) atoms. The molecule has 0 saturated heterocycles. The Morgan fingerprint density at radius 3 is 2.36 bits per heavy atom. The Bertz CT molecular complexity index is 1550. The summed E-state index contributed by atoms with van der Waals surface area (Å²) in [4.78, 5) is 34.0. The van der Waals surface area contributed by atoms with Gasteiger partial charge in [0.1, 0.15) is 0 Å². The molecule has 0 aliphatic carbocycles. The van der Waals surface area contributed by atoms with E-state index in [9.17, 15) is 9.59 Å². The zero-order chi connectivity index (χ0) is 29.6. The minimum Gasteiger partial charge on any atom is -0.493 e. The number of fused-ring (bicyclic) bond motifs is 1. The molecule has 2 atom stereocenters. The van der Waals surface area contributed by atoms with Crippen molar-refractivity contribution < 1.29 is 23.8 Å². The number of esters is 1. The van der Waals surface area contributed by atoms with Gasteiger partial charge in [-0.15, -0.1) is 0 Å². The van der Waals surface area contributed by atoms with Crippen molar-refractivity contribution in [2.45, 2.75) is 32.4 Å². The number of amides is 1. The maximum Gasteiger partial charge on any atom is 0.338 e. The molecule has 5 rings (SSSR count). The lowest BCUT2D eigenvalue weighted by Crippen LogP contribution is -2.38. The molecule has 0 saturated carbocycles. The average molecular weight is 584 g/mol. The maximum absolute atomic E-state index is 13.8. The first-order valence-electron chi connectivity index (χ1n) is 13.7. The normalized spacial score (nSPS) is 16.7.